The molecule has 0 radical (unpaired) electrons. The number of hydrogen-bond donors (Lipinski definition) is 1. The summed E-state index contributed by atoms with van der Waals surface area (Å²) in [5.41, 5.74) is 5.95. The van der Waals surface area contributed by atoms with E-state index >= 15 is 0 Å². The summed E-state index contributed by atoms with van der Waals surface area (Å²) in [7, 11) is 1.49. The first-order valence-electron chi connectivity index (χ1n) is 6.30. The lowest BCUT2D eigenvalue weighted by Crippen LogP contribution is -2.50. The van der Waals surface area contributed by atoms with E-state index in [4.69, 9.17) is 10.5 Å². The van der Waals surface area contributed by atoms with Crippen LogP contribution in [0.2, 0.25) is 0 Å². The number of hydrogen-bond acceptors (Lipinski definition) is 3. The van der Waals surface area contributed by atoms with Gasteiger partial charge in [0.05, 0.1) is 12.5 Å². The Hall–Kier alpha value is -0.570. The zero-order valence-corrected chi connectivity index (χ0v) is 10.5. The molecule has 2 aliphatic rings. The van der Waals surface area contributed by atoms with Crippen LogP contribution in [0.15, 0.2) is 0 Å². The van der Waals surface area contributed by atoms with E-state index < -0.39 is 0 Å². The van der Waals surface area contributed by atoms with Crippen molar-refractivity contribution in [2.24, 2.45) is 28.9 Å². The lowest BCUT2D eigenvalue weighted by atomic mass is 9.58. The van der Waals surface area contributed by atoms with Crippen LogP contribution in [0.5, 0.6) is 0 Å². The highest BCUT2D eigenvalue weighted by Crippen LogP contribution is 2.50. The summed E-state index contributed by atoms with van der Waals surface area (Å²) in [5, 5.41) is 0. The van der Waals surface area contributed by atoms with E-state index in [0.29, 0.717) is 17.8 Å². The molecule has 0 aromatic carbocycles. The fraction of sp³-hybridized carbons (Fsp3) is 0.923. The smallest absolute Gasteiger partial charge is 0.311 e. The molecule has 0 spiro atoms. The zero-order chi connectivity index (χ0) is 11.9. The summed E-state index contributed by atoms with van der Waals surface area (Å²) in [6.07, 6.45) is 4.26. The van der Waals surface area contributed by atoms with Crippen LogP contribution in [0.4, 0.5) is 0 Å². The molecule has 2 rings (SSSR count). The van der Waals surface area contributed by atoms with Gasteiger partial charge in [-0.25, -0.2) is 0 Å². The van der Waals surface area contributed by atoms with Crippen molar-refractivity contribution in [3.63, 3.8) is 0 Å². The van der Waals surface area contributed by atoms with Gasteiger partial charge < -0.3 is 10.5 Å². The Balaban J connectivity index is 2.16. The highest BCUT2D eigenvalue weighted by Gasteiger charge is 2.48. The largest absolute Gasteiger partial charge is 0.469 e. The van der Waals surface area contributed by atoms with Crippen LogP contribution in [0.1, 0.15) is 39.5 Å². The van der Waals surface area contributed by atoms with Gasteiger partial charge in [0, 0.05) is 6.04 Å². The maximum absolute atomic E-state index is 11.8. The number of methoxy groups -OCH3 is 1. The van der Waals surface area contributed by atoms with Crippen LogP contribution in [0.3, 0.4) is 0 Å². The van der Waals surface area contributed by atoms with E-state index in [0.717, 1.165) is 12.8 Å². The van der Waals surface area contributed by atoms with Crippen molar-refractivity contribution >= 4 is 5.97 Å². The molecular weight excluding hydrogens is 202 g/mol. The third-order valence-electron chi connectivity index (χ3n) is 4.67. The number of ether oxygens (including phenoxy) is 1. The molecule has 0 saturated heterocycles. The quantitative estimate of drug-likeness (QED) is 0.694. The van der Waals surface area contributed by atoms with E-state index in [1.807, 2.05) is 6.92 Å². The van der Waals surface area contributed by atoms with Crippen molar-refractivity contribution in [2.45, 2.75) is 45.6 Å². The van der Waals surface area contributed by atoms with Crippen molar-refractivity contribution in [1.82, 2.24) is 0 Å². The standard InChI is InChI=1S/C13H23NO2/c1-8-4-9-5-10(11(8)14)7-13(2,6-9)12(15)16-3/h8-11H,4-7,14H2,1-3H3. The molecule has 2 N–H and O–H groups in total. The molecule has 5 unspecified atom stereocenters. The summed E-state index contributed by atoms with van der Waals surface area (Å²) >= 11 is 0. The van der Waals surface area contributed by atoms with Crippen LogP contribution in [-0.2, 0) is 9.53 Å². The SMILES string of the molecule is COC(=O)C1(C)CC2CC(C)C(N)C(C2)C1. The topological polar surface area (TPSA) is 52.3 Å². The summed E-state index contributed by atoms with van der Waals surface area (Å²) in [5.74, 6) is 1.72. The van der Waals surface area contributed by atoms with E-state index in [2.05, 4.69) is 6.92 Å². The minimum Gasteiger partial charge on any atom is -0.469 e. The molecule has 3 nitrogen and oxygen atoms in total. The Kier molecular flexibility index (Phi) is 2.99. The second kappa shape index (κ2) is 4.02. The lowest BCUT2D eigenvalue weighted by molar-refractivity contribution is -0.157. The Labute approximate surface area is 97.7 Å². The van der Waals surface area contributed by atoms with Crippen LogP contribution in [0, 0.1) is 23.2 Å². The van der Waals surface area contributed by atoms with Gasteiger partial charge in [-0.1, -0.05) is 6.92 Å². The van der Waals surface area contributed by atoms with Gasteiger partial charge in [0.1, 0.15) is 0 Å². The highest BCUT2D eigenvalue weighted by molar-refractivity contribution is 5.76. The highest BCUT2D eigenvalue weighted by atomic mass is 16.5. The van der Waals surface area contributed by atoms with E-state index in [-0.39, 0.29) is 17.4 Å². The first-order chi connectivity index (χ1) is 7.46. The molecule has 2 saturated carbocycles. The molecule has 0 amide bonds. The lowest BCUT2D eigenvalue weighted by Gasteiger charge is -2.48. The fourth-order valence-electron chi connectivity index (χ4n) is 3.93. The van der Waals surface area contributed by atoms with E-state index in [9.17, 15) is 4.79 Å². The maximum Gasteiger partial charge on any atom is 0.311 e. The molecule has 2 aliphatic carbocycles. The van der Waals surface area contributed by atoms with Crippen molar-refractivity contribution in [2.75, 3.05) is 7.11 Å². The molecule has 92 valence electrons. The molecule has 16 heavy (non-hydrogen) atoms. The van der Waals surface area contributed by atoms with Crippen LogP contribution < -0.4 is 5.73 Å². The van der Waals surface area contributed by atoms with Crippen LogP contribution >= 0.6 is 0 Å². The Bertz CT molecular complexity index is 290. The zero-order valence-electron chi connectivity index (χ0n) is 10.5. The maximum atomic E-state index is 11.8. The molecule has 0 aromatic rings. The summed E-state index contributed by atoms with van der Waals surface area (Å²) in [6, 6.07) is 0.264. The second-order valence-electron chi connectivity index (χ2n) is 6.11. The van der Waals surface area contributed by atoms with Crippen LogP contribution in [0.25, 0.3) is 0 Å². The van der Waals surface area contributed by atoms with Gasteiger partial charge in [0.15, 0.2) is 0 Å². The van der Waals surface area contributed by atoms with Crippen LogP contribution in [-0.4, -0.2) is 19.1 Å². The van der Waals surface area contributed by atoms with Crippen molar-refractivity contribution < 1.29 is 9.53 Å². The molecule has 0 aliphatic heterocycles. The Morgan fingerprint density at radius 3 is 2.69 bits per heavy atom. The summed E-state index contributed by atoms with van der Waals surface area (Å²) < 4.78 is 4.94. The molecule has 2 fully saturated rings. The number of rotatable bonds is 1. The van der Waals surface area contributed by atoms with E-state index in [1.54, 1.807) is 0 Å². The third kappa shape index (κ3) is 1.86. The molecule has 5 atom stereocenters. The first kappa shape index (κ1) is 11.9. The van der Waals surface area contributed by atoms with Gasteiger partial charge in [-0.15, -0.1) is 0 Å². The fourth-order valence-corrected chi connectivity index (χ4v) is 3.93. The number of nitrogens with two attached hydrogens (primary N) is 1. The van der Waals surface area contributed by atoms with Gasteiger partial charge in [-0.05, 0) is 50.4 Å². The predicted molar refractivity (Wildman–Crippen MR) is 62.7 cm³/mol. The minimum absolute atomic E-state index is 0.0519. The van der Waals surface area contributed by atoms with Crippen molar-refractivity contribution in [3.05, 3.63) is 0 Å². The number of esters is 1. The van der Waals surface area contributed by atoms with Gasteiger partial charge >= 0.3 is 5.97 Å². The summed E-state index contributed by atoms with van der Waals surface area (Å²) in [6.45, 7) is 4.28. The Morgan fingerprint density at radius 2 is 2.06 bits per heavy atom. The average molecular weight is 225 g/mol. The number of carbonyl (C=O) groups excluding carboxylic acids is 1. The molecular formula is C13H23NO2. The second-order valence-corrected chi connectivity index (χ2v) is 6.11. The monoisotopic (exact) mass is 225 g/mol. The summed E-state index contributed by atoms with van der Waals surface area (Å²) in [4.78, 5) is 11.8. The van der Waals surface area contributed by atoms with Crippen molar-refractivity contribution in [3.8, 4) is 0 Å². The van der Waals surface area contributed by atoms with Gasteiger partial charge in [-0.2, -0.15) is 0 Å². The first-order valence-corrected chi connectivity index (χ1v) is 6.30. The molecule has 3 heteroatoms. The predicted octanol–water partition coefficient (Wildman–Crippen LogP) is 1.95. The van der Waals surface area contributed by atoms with E-state index in [1.165, 1.54) is 20.0 Å². The minimum atomic E-state index is -0.292. The molecule has 0 heterocycles. The number of carbonyl (C=O) groups is 1. The molecule has 0 aromatic heterocycles. The Morgan fingerprint density at radius 1 is 1.38 bits per heavy atom. The third-order valence-corrected chi connectivity index (χ3v) is 4.67. The van der Waals surface area contributed by atoms with Crippen molar-refractivity contribution in [1.29, 1.82) is 0 Å². The van der Waals surface area contributed by atoms with Gasteiger partial charge in [0.2, 0.25) is 0 Å². The normalized spacial score (nSPS) is 47.5. The number of fused-ring (bicyclic) bond motifs is 2. The van der Waals surface area contributed by atoms with Gasteiger partial charge in [-0.3, -0.25) is 4.79 Å². The molecule has 2 bridgehead atoms. The average Bonchev–Trinajstić information content (AvgIpc) is 2.24. The van der Waals surface area contributed by atoms with Gasteiger partial charge in [0.25, 0.3) is 0 Å².